The van der Waals surface area contributed by atoms with E-state index in [0.717, 1.165) is 24.8 Å². The Morgan fingerprint density at radius 3 is 2.28 bits per heavy atom. The van der Waals surface area contributed by atoms with Crippen molar-refractivity contribution in [3.8, 4) is 0 Å². The van der Waals surface area contributed by atoms with Crippen LogP contribution in [0.15, 0.2) is 72.4 Å². The van der Waals surface area contributed by atoms with Crippen molar-refractivity contribution in [1.29, 1.82) is 0 Å². The van der Waals surface area contributed by atoms with Crippen LogP contribution in [0.25, 0.3) is 0 Å². The van der Waals surface area contributed by atoms with Gasteiger partial charge in [0.25, 0.3) is 0 Å². The summed E-state index contributed by atoms with van der Waals surface area (Å²) in [7, 11) is 1.99. The third-order valence-corrected chi connectivity index (χ3v) is 4.31. The highest BCUT2D eigenvalue weighted by Gasteiger charge is 2.19. The highest BCUT2D eigenvalue weighted by atomic mass is 19.3. The maximum atomic E-state index is 13.2. The van der Waals surface area contributed by atoms with Crippen LogP contribution in [0.2, 0.25) is 6.32 Å². The zero-order valence-electron chi connectivity index (χ0n) is 18.1. The van der Waals surface area contributed by atoms with Crippen molar-refractivity contribution < 1.29 is 19.4 Å². The van der Waals surface area contributed by atoms with Crippen molar-refractivity contribution in [2.45, 2.75) is 64.8 Å². The van der Waals surface area contributed by atoms with Gasteiger partial charge < -0.3 is 5.11 Å². The zero-order chi connectivity index (χ0) is 21.7. The zero-order valence-corrected chi connectivity index (χ0v) is 18.1. The first-order chi connectivity index (χ1) is 14.1. The molecule has 0 fully saturated rings. The van der Waals surface area contributed by atoms with Gasteiger partial charge in [-0.3, -0.25) is 4.79 Å². The van der Waals surface area contributed by atoms with Crippen LogP contribution in [0.4, 0.5) is 4.53 Å². The summed E-state index contributed by atoms with van der Waals surface area (Å²) in [5.41, 5.74) is 0.910. The van der Waals surface area contributed by atoms with Crippen LogP contribution in [-0.2, 0) is 9.74 Å². The first-order valence-electron chi connectivity index (χ1n) is 10.5. The predicted octanol–water partition coefficient (Wildman–Crippen LogP) is 6.10. The Labute approximate surface area is 176 Å². The summed E-state index contributed by atoms with van der Waals surface area (Å²) < 4.78 is 13.2. The fourth-order valence-corrected chi connectivity index (χ4v) is 2.67. The summed E-state index contributed by atoms with van der Waals surface area (Å²) in [6.07, 6.45) is 26.5. The molecule has 0 saturated heterocycles. The molecule has 1 N–H and O–H groups in total. The van der Waals surface area contributed by atoms with E-state index in [9.17, 15) is 9.32 Å². The molecule has 2 atom stereocenters. The molecule has 0 aromatic carbocycles. The van der Waals surface area contributed by atoms with Gasteiger partial charge in [-0.25, -0.2) is 0 Å². The largest absolute Gasteiger partial charge is 0.481 e. The molecule has 0 aliphatic rings. The van der Waals surface area contributed by atoms with Crippen LogP contribution in [0.5, 0.6) is 0 Å². The molecule has 0 saturated carbocycles. The summed E-state index contributed by atoms with van der Waals surface area (Å²) in [6.45, 7) is 4.04. The van der Waals surface area contributed by atoms with Crippen molar-refractivity contribution in [2.75, 3.05) is 0 Å². The van der Waals surface area contributed by atoms with Crippen molar-refractivity contribution in [1.82, 2.24) is 0 Å². The first-order valence-corrected chi connectivity index (χ1v) is 10.5. The molecular weight excluding hydrogens is 366 g/mol. The minimum atomic E-state index is -0.796. The van der Waals surface area contributed by atoms with Crippen LogP contribution in [0, 0.1) is 5.92 Å². The van der Waals surface area contributed by atoms with E-state index in [1.807, 2.05) is 57.3 Å². The number of carbonyl (C=O) groups is 1. The van der Waals surface area contributed by atoms with E-state index in [2.05, 4.69) is 36.2 Å². The van der Waals surface area contributed by atoms with E-state index in [-0.39, 0.29) is 12.3 Å². The Kier molecular flexibility index (Phi) is 17.8. The lowest BCUT2D eigenvalue weighted by Gasteiger charge is -2.19. The lowest BCUT2D eigenvalue weighted by molar-refractivity contribution is -0.175. The van der Waals surface area contributed by atoms with Crippen molar-refractivity contribution >= 4 is 13.8 Å². The monoisotopic (exact) mass is 402 g/mol. The molecule has 3 nitrogen and oxygen atoms in total. The van der Waals surface area contributed by atoms with Gasteiger partial charge in [0.05, 0.1) is 0 Å². The Morgan fingerprint density at radius 1 is 1.03 bits per heavy atom. The second-order valence-electron chi connectivity index (χ2n) is 6.78. The summed E-state index contributed by atoms with van der Waals surface area (Å²) in [6, 6.07) is 0. The fraction of sp³-hybridized carbons (Fsp3) is 0.458. The van der Waals surface area contributed by atoms with Gasteiger partial charge in [-0.05, 0) is 42.2 Å². The average molecular weight is 402 g/mol. The highest BCUT2D eigenvalue weighted by molar-refractivity contribution is 6.10. The Morgan fingerprint density at radius 2 is 1.66 bits per heavy atom. The Balaban J connectivity index is 4.54. The van der Waals surface area contributed by atoms with Gasteiger partial charge in [0.1, 0.15) is 14.0 Å². The van der Waals surface area contributed by atoms with E-state index >= 15 is 0 Å². The number of carboxylic acids is 1. The molecule has 0 rings (SSSR count). The average Bonchev–Trinajstić information content (AvgIpc) is 2.70. The lowest BCUT2D eigenvalue weighted by atomic mass is 9.87. The number of carboxylic acid groups (broad SMARTS) is 1. The molecule has 29 heavy (non-hydrogen) atoms. The smallest absolute Gasteiger partial charge is 0.303 e. The maximum absolute atomic E-state index is 13.2. The van der Waals surface area contributed by atoms with E-state index in [1.54, 1.807) is 0 Å². The first kappa shape index (κ1) is 26.9. The quantitative estimate of drug-likeness (QED) is 0.193. The number of hydrogen-bond donors (Lipinski definition) is 1. The van der Waals surface area contributed by atoms with E-state index in [4.69, 9.17) is 5.11 Å². The highest BCUT2D eigenvalue weighted by Crippen LogP contribution is 2.21. The van der Waals surface area contributed by atoms with Gasteiger partial charge in [0, 0.05) is 12.3 Å². The minimum absolute atomic E-state index is 0.0998. The summed E-state index contributed by atoms with van der Waals surface area (Å²) >= 11 is 0. The van der Waals surface area contributed by atoms with Crippen LogP contribution in [-0.4, -0.2) is 25.0 Å². The number of aliphatic carboxylic acids is 1. The van der Waals surface area contributed by atoms with E-state index in [1.165, 1.54) is 0 Å². The van der Waals surface area contributed by atoms with Crippen molar-refractivity contribution in [3.05, 3.63) is 72.4 Å². The normalized spacial score (nSPS) is 15.5. The standard InChI is InChI=1S/C24H36BFO3/c1-3-4-5-6-7-8-9-12-15-18-22(20-25)24(29-26)21(2)17-14-11-10-13-16-19-23(27)28/h4-5,7-8,10,12-15,17-18,21,24H,3,6,9,11,16,19-20,25H2,1-2H3,(H,27,28)/b5-4-,8-7-,13-10-,15-12-,17-14-,22-18-/t21-,24?/m0/s1. The molecule has 0 aromatic rings. The van der Waals surface area contributed by atoms with Gasteiger partial charge in [-0.2, -0.15) is 4.94 Å². The number of hydrogen-bond acceptors (Lipinski definition) is 2. The molecule has 0 bridgehead atoms. The van der Waals surface area contributed by atoms with Gasteiger partial charge in [0.2, 0.25) is 0 Å². The van der Waals surface area contributed by atoms with E-state index < -0.39 is 12.1 Å². The third kappa shape index (κ3) is 15.5. The Bertz CT molecular complexity index is 603. The lowest BCUT2D eigenvalue weighted by Crippen LogP contribution is -2.20. The molecule has 0 aromatic heterocycles. The topological polar surface area (TPSA) is 46.5 Å². The molecule has 5 heteroatoms. The Hall–Kier alpha value is -2.14. The molecule has 0 radical (unpaired) electrons. The third-order valence-electron chi connectivity index (χ3n) is 4.31. The predicted molar refractivity (Wildman–Crippen MR) is 123 cm³/mol. The van der Waals surface area contributed by atoms with Gasteiger partial charge >= 0.3 is 5.97 Å². The molecule has 0 spiro atoms. The van der Waals surface area contributed by atoms with Crippen LogP contribution in [0.1, 0.15) is 52.4 Å². The van der Waals surface area contributed by atoms with E-state index in [0.29, 0.717) is 19.2 Å². The fourth-order valence-electron chi connectivity index (χ4n) is 2.67. The molecule has 0 amide bonds. The van der Waals surface area contributed by atoms with Crippen molar-refractivity contribution in [3.63, 3.8) is 0 Å². The summed E-state index contributed by atoms with van der Waals surface area (Å²) in [4.78, 5) is 14.7. The number of rotatable bonds is 16. The summed E-state index contributed by atoms with van der Waals surface area (Å²) in [5.74, 6) is -0.896. The second-order valence-corrected chi connectivity index (χ2v) is 6.78. The number of allylic oxidation sites excluding steroid dienone is 10. The van der Waals surface area contributed by atoms with Gasteiger partial charge in [-0.1, -0.05) is 87.0 Å². The molecule has 0 heterocycles. The minimum Gasteiger partial charge on any atom is -0.481 e. The molecule has 1 unspecified atom stereocenters. The molecule has 0 aliphatic carbocycles. The van der Waals surface area contributed by atoms with Crippen LogP contribution in [0.3, 0.4) is 0 Å². The number of halogens is 1. The van der Waals surface area contributed by atoms with Gasteiger partial charge in [-0.15, -0.1) is 0 Å². The van der Waals surface area contributed by atoms with Gasteiger partial charge in [0.15, 0.2) is 0 Å². The van der Waals surface area contributed by atoms with Crippen LogP contribution >= 0.6 is 0 Å². The molecule has 160 valence electrons. The maximum Gasteiger partial charge on any atom is 0.303 e. The van der Waals surface area contributed by atoms with Crippen molar-refractivity contribution in [2.24, 2.45) is 5.92 Å². The SMILES string of the molecule is BC/C(=C/C=C\C/C=C\C/C=C\CC)C(OF)[C@@H](C)/C=C\C/C=C\CCC(=O)O. The summed E-state index contributed by atoms with van der Waals surface area (Å²) in [5, 5.41) is 8.58. The molecule has 0 aliphatic heterocycles. The van der Waals surface area contributed by atoms with Crippen LogP contribution < -0.4 is 0 Å². The molecular formula is C24H36BFO3. The second kappa shape index (κ2) is 19.2.